The largest absolute Gasteiger partial charge is 0.340 e. The van der Waals surface area contributed by atoms with Crippen LogP contribution in [0.2, 0.25) is 0 Å². The summed E-state index contributed by atoms with van der Waals surface area (Å²) in [5.41, 5.74) is 2.45. The molecule has 2 amide bonds. The van der Waals surface area contributed by atoms with Crippen LogP contribution < -0.4 is 10.6 Å². The first-order valence-corrected chi connectivity index (χ1v) is 8.68. The fourth-order valence-corrected chi connectivity index (χ4v) is 2.96. The molecule has 1 aliphatic heterocycles. The highest BCUT2D eigenvalue weighted by atomic mass is 16.2. The van der Waals surface area contributed by atoms with E-state index in [4.69, 9.17) is 0 Å². The summed E-state index contributed by atoms with van der Waals surface area (Å²) in [6.45, 7) is 6.31. The van der Waals surface area contributed by atoms with E-state index in [1.165, 1.54) is 6.33 Å². The van der Waals surface area contributed by atoms with Crippen LogP contribution in [0.4, 0.5) is 17.2 Å². The lowest BCUT2D eigenvalue weighted by molar-refractivity contribution is -0.129. The van der Waals surface area contributed by atoms with Crippen LogP contribution in [0.5, 0.6) is 0 Å². The van der Waals surface area contributed by atoms with E-state index >= 15 is 0 Å². The summed E-state index contributed by atoms with van der Waals surface area (Å²) in [4.78, 5) is 34.3. The molecule has 2 N–H and O–H groups in total. The predicted octanol–water partition coefficient (Wildman–Crippen LogP) is 2.72. The van der Waals surface area contributed by atoms with Crippen LogP contribution >= 0.6 is 0 Å². The second kappa shape index (κ2) is 7.51. The molecular formula is C19H23N5O2. The molecule has 1 aromatic heterocycles. The fraction of sp³-hybridized carbons (Fsp3) is 0.368. The molecule has 0 radical (unpaired) electrons. The number of carbonyl (C=O) groups is 2. The quantitative estimate of drug-likeness (QED) is 0.863. The number of nitrogens with zero attached hydrogens (tertiary/aromatic N) is 3. The molecule has 0 spiro atoms. The summed E-state index contributed by atoms with van der Waals surface area (Å²) in [6.07, 6.45) is 1.78. The minimum absolute atomic E-state index is 0.0415. The van der Waals surface area contributed by atoms with Crippen LogP contribution in [-0.2, 0) is 9.59 Å². The maximum atomic E-state index is 12.4. The summed E-state index contributed by atoms with van der Waals surface area (Å²) in [5, 5.41) is 6.08. The topological polar surface area (TPSA) is 87.2 Å². The Kier molecular flexibility index (Phi) is 5.16. The minimum Gasteiger partial charge on any atom is -0.340 e. The van der Waals surface area contributed by atoms with E-state index in [1.54, 1.807) is 4.90 Å². The van der Waals surface area contributed by atoms with Crippen molar-refractivity contribution in [3.63, 3.8) is 0 Å². The lowest BCUT2D eigenvalue weighted by Crippen LogP contribution is -2.33. The van der Waals surface area contributed by atoms with Gasteiger partial charge in [-0.05, 0) is 45.0 Å². The Labute approximate surface area is 152 Å². The van der Waals surface area contributed by atoms with Crippen molar-refractivity contribution < 1.29 is 9.59 Å². The molecule has 0 saturated carbocycles. The van der Waals surface area contributed by atoms with Gasteiger partial charge in [0.25, 0.3) is 0 Å². The number of carbonyl (C=O) groups excluding carboxylic acids is 2. The summed E-state index contributed by atoms with van der Waals surface area (Å²) >= 11 is 0. The van der Waals surface area contributed by atoms with Crippen molar-refractivity contribution in [3.05, 3.63) is 42.4 Å². The van der Waals surface area contributed by atoms with Gasteiger partial charge < -0.3 is 15.5 Å². The Morgan fingerprint density at radius 1 is 1.19 bits per heavy atom. The molecule has 26 heavy (non-hydrogen) atoms. The fourth-order valence-electron chi connectivity index (χ4n) is 2.96. The van der Waals surface area contributed by atoms with E-state index < -0.39 is 0 Å². The van der Waals surface area contributed by atoms with Crippen LogP contribution in [0.25, 0.3) is 0 Å². The zero-order valence-electron chi connectivity index (χ0n) is 15.2. The zero-order valence-corrected chi connectivity index (χ0v) is 15.2. The van der Waals surface area contributed by atoms with Gasteiger partial charge in [0.1, 0.15) is 12.1 Å². The second-order valence-electron chi connectivity index (χ2n) is 6.78. The van der Waals surface area contributed by atoms with Crippen LogP contribution in [0, 0.1) is 12.8 Å². The van der Waals surface area contributed by atoms with Crippen molar-refractivity contribution in [2.45, 2.75) is 33.2 Å². The van der Waals surface area contributed by atoms with Gasteiger partial charge in [0.2, 0.25) is 11.8 Å². The minimum atomic E-state index is -0.299. The molecule has 3 rings (SSSR count). The zero-order chi connectivity index (χ0) is 18.7. The molecule has 1 fully saturated rings. The Bertz CT molecular complexity index is 804. The molecule has 1 saturated heterocycles. The number of aryl methyl sites for hydroxylation is 1. The van der Waals surface area contributed by atoms with Crippen LogP contribution in [0.1, 0.15) is 26.0 Å². The van der Waals surface area contributed by atoms with Gasteiger partial charge in [0, 0.05) is 42.1 Å². The number of hydrogen-bond donors (Lipinski definition) is 2. The number of hydrogen-bond acceptors (Lipinski definition) is 5. The number of amides is 2. The van der Waals surface area contributed by atoms with E-state index in [0.29, 0.717) is 18.1 Å². The van der Waals surface area contributed by atoms with E-state index in [1.807, 2.05) is 51.1 Å². The number of aromatic nitrogens is 2. The standard InChI is InChI=1S/C19H23N5O2/c1-12(2)24-10-14(9-18(24)25)19(26)23-16-6-4-15(5-7-16)22-17-8-13(3)20-11-21-17/h4-8,11-12,14H,9-10H2,1-3H3,(H,23,26)(H,20,21,22). The molecule has 1 atom stereocenters. The van der Waals surface area contributed by atoms with Gasteiger partial charge in [0.15, 0.2) is 0 Å². The third-order valence-corrected chi connectivity index (χ3v) is 4.38. The van der Waals surface area contributed by atoms with Gasteiger partial charge in [-0.25, -0.2) is 9.97 Å². The number of likely N-dealkylation sites (tertiary alicyclic amines) is 1. The van der Waals surface area contributed by atoms with Crippen LogP contribution in [-0.4, -0.2) is 39.3 Å². The van der Waals surface area contributed by atoms with Crippen molar-refractivity contribution >= 4 is 29.0 Å². The molecule has 2 heterocycles. The average molecular weight is 353 g/mol. The molecule has 1 unspecified atom stereocenters. The van der Waals surface area contributed by atoms with Crippen molar-refractivity contribution in [3.8, 4) is 0 Å². The van der Waals surface area contributed by atoms with Crippen molar-refractivity contribution in [2.24, 2.45) is 5.92 Å². The molecule has 0 aliphatic carbocycles. The number of rotatable bonds is 5. The molecule has 2 aromatic rings. The lowest BCUT2D eigenvalue weighted by atomic mass is 10.1. The van der Waals surface area contributed by atoms with E-state index in [-0.39, 0.29) is 30.2 Å². The van der Waals surface area contributed by atoms with Crippen LogP contribution in [0.3, 0.4) is 0 Å². The van der Waals surface area contributed by atoms with E-state index in [9.17, 15) is 9.59 Å². The highest BCUT2D eigenvalue weighted by molar-refractivity contribution is 5.97. The average Bonchev–Trinajstić information content (AvgIpc) is 2.99. The van der Waals surface area contributed by atoms with Gasteiger partial charge in [-0.3, -0.25) is 9.59 Å². The van der Waals surface area contributed by atoms with Crippen molar-refractivity contribution in [1.29, 1.82) is 0 Å². The summed E-state index contributed by atoms with van der Waals surface area (Å²) in [7, 11) is 0. The van der Waals surface area contributed by atoms with Crippen molar-refractivity contribution in [2.75, 3.05) is 17.2 Å². The normalized spacial score (nSPS) is 16.8. The number of benzene rings is 1. The Hall–Kier alpha value is -2.96. The molecular weight excluding hydrogens is 330 g/mol. The SMILES string of the molecule is Cc1cc(Nc2ccc(NC(=O)C3CC(=O)N(C(C)C)C3)cc2)ncn1. The van der Waals surface area contributed by atoms with Gasteiger partial charge in [0.05, 0.1) is 5.92 Å². The molecule has 1 aliphatic rings. The van der Waals surface area contributed by atoms with Gasteiger partial charge >= 0.3 is 0 Å². The van der Waals surface area contributed by atoms with Gasteiger partial charge in [-0.15, -0.1) is 0 Å². The number of nitrogens with one attached hydrogen (secondary N) is 2. The predicted molar refractivity (Wildman–Crippen MR) is 100 cm³/mol. The Balaban J connectivity index is 1.59. The third-order valence-electron chi connectivity index (χ3n) is 4.38. The summed E-state index contributed by atoms with van der Waals surface area (Å²) in [5.74, 6) is 0.340. The Morgan fingerprint density at radius 2 is 1.88 bits per heavy atom. The molecule has 1 aromatic carbocycles. The first kappa shape index (κ1) is 17.8. The smallest absolute Gasteiger partial charge is 0.229 e. The second-order valence-corrected chi connectivity index (χ2v) is 6.78. The molecule has 7 heteroatoms. The highest BCUT2D eigenvalue weighted by Crippen LogP contribution is 2.23. The van der Waals surface area contributed by atoms with E-state index in [0.717, 1.165) is 11.4 Å². The van der Waals surface area contributed by atoms with Gasteiger partial charge in [-0.2, -0.15) is 0 Å². The molecule has 136 valence electrons. The summed E-state index contributed by atoms with van der Waals surface area (Å²) < 4.78 is 0. The summed E-state index contributed by atoms with van der Waals surface area (Å²) in [6, 6.07) is 9.36. The van der Waals surface area contributed by atoms with Gasteiger partial charge in [-0.1, -0.05) is 0 Å². The van der Waals surface area contributed by atoms with Crippen LogP contribution in [0.15, 0.2) is 36.7 Å². The first-order chi connectivity index (χ1) is 12.4. The molecule has 7 nitrogen and oxygen atoms in total. The number of anilines is 3. The van der Waals surface area contributed by atoms with E-state index in [2.05, 4.69) is 20.6 Å². The third kappa shape index (κ3) is 4.17. The highest BCUT2D eigenvalue weighted by Gasteiger charge is 2.35. The maximum absolute atomic E-state index is 12.4. The maximum Gasteiger partial charge on any atom is 0.229 e. The molecule has 0 bridgehead atoms. The van der Waals surface area contributed by atoms with Crippen molar-refractivity contribution in [1.82, 2.24) is 14.9 Å². The lowest BCUT2D eigenvalue weighted by Gasteiger charge is -2.20. The monoisotopic (exact) mass is 353 g/mol. The Morgan fingerprint density at radius 3 is 2.50 bits per heavy atom. The first-order valence-electron chi connectivity index (χ1n) is 8.68.